The van der Waals surface area contributed by atoms with Crippen LogP contribution in [0.2, 0.25) is 5.02 Å². The molecule has 6 rings (SSSR count). The Bertz CT molecular complexity index is 1600. The van der Waals surface area contributed by atoms with Gasteiger partial charge in [0.15, 0.2) is 11.3 Å². The van der Waals surface area contributed by atoms with Gasteiger partial charge in [0.2, 0.25) is 5.95 Å². The Kier molecular flexibility index (Phi) is 6.67. The molecule has 194 valence electrons. The van der Waals surface area contributed by atoms with Crippen LogP contribution in [0.1, 0.15) is 5.56 Å². The molecule has 10 nitrogen and oxygen atoms in total. The molecule has 1 aliphatic rings. The highest BCUT2D eigenvalue weighted by atomic mass is 35.5. The van der Waals surface area contributed by atoms with Gasteiger partial charge in [-0.1, -0.05) is 23.7 Å². The van der Waals surface area contributed by atoms with Crippen molar-refractivity contribution >= 4 is 39.9 Å². The molecule has 3 aromatic heterocycles. The summed E-state index contributed by atoms with van der Waals surface area (Å²) in [6.45, 7) is 4.42. The first kappa shape index (κ1) is 24.4. The lowest BCUT2D eigenvalue weighted by molar-refractivity contribution is 0.0342. The minimum Gasteiger partial charge on any atom is -0.497 e. The molecule has 0 bridgehead atoms. The van der Waals surface area contributed by atoms with E-state index < -0.39 is 0 Å². The Morgan fingerprint density at radius 3 is 2.58 bits per heavy atom. The maximum absolute atomic E-state index is 6.68. The van der Waals surface area contributed by atoms with Crippen molar-refractivity contribution < 1.29 is 14.2 Å². The molecule has 0 saturated carbocycles. The molecule has 1 fully saturated rings. The van der Waals surface area contributed by atoms with Crippen LogP contribution in [-0.4, -0.2) is 70.0 Å². The summed E-state index contributed by atoms with van der Waals surface area (Å²) in [4.78, 5) is 11.7. The number of nitrogens with one attached hydrogen (secondary N) is 1. The number of hydrogen-bond acceptors (Lipinski definition) is 9. The van der Waals surface area contributed by atoms with Crippen LogP contribution in [0, 0.1) is 0 Å². The first-order valence-electron chi connectivity index (χ1n) is 12.2. The number of hydrogen-bond donors (Lipinski definition) is 1. The van der Waals surface area contributed by atoms with Crippen molar-refractivity contribution in [1.29, 1.82) is 0 Å². The van der Waals surface area contributed by atoms with Gasteiger partial charge in [0.1, 0.15) is 17.8 Å². The highest BCUT2D eigenvalue weighted by Crippen LogP contribution is 2.41. The Morgan fingerprint density at radius 1 is 1.00 bits per heavy atom. The van der Waals surface area contributed by atoms with Crippen LogP contribution >= 0.6 is 11.6 Å². The summed E-state index contributed by atoms with van der Waals surface area (Å²) in [6, 6.07) is 13.9. The summed E-state index contributed by atoms with van der Waals surface area (Å²) in [5.74, 6) is 1.60. The van der Waals surface area contributed by atoms with Crippen molar-refractivity contribution in [3.05, 3.63) is 65.6 Å². The molecule has 0 aliphatic carbocycles. The molecule has 2 aromatic carbocycles. The van der Waals surface area contributed by atoms with E-state index >= 15 is 0 Å². The number of rotatable bonds is 7. The Labute approximate surface area is 224 Å². The lowest BCUT2D eigenvalue weighted by atomic mass is 10.0. The molecule has 1 saturated heterocycles. The van der Waals surface area contributed by atoms with Crippen molar-refractivity contribution in [3.63, 3.8) is 0 Å². The van der Waals surface area contributed by atoms with Crippen molar-refractivity contribution in [2.24, 2.45) is 0 Å². The lowest BCUT2D eigenvalue weighted by Crippen LogP contribution is -2.35. The van der Waals surface area contributed by atoms with Gasteiger partial charge in [0.25, 0.3) is 0 Å². The number of methoxy groups -OCH3 is 2. The molecule has 5 aromatic rings. The third-order valence-electron chi connectivity index (χ3n) is 6.59. The molecule has 0 amide bonds. The minimum atomic E-state index is 0.453. The molecule has 1 aliphatic heterocycles. The fraction of sp³-hybridized carbons (Fsp3) is 0.259. The summed E-state index contributed by atoms with van der Waals surface area (Å²) in [7, 11) is 3.16. The molecule has 0 radical (unpaired) electrons. The van der Waals surface area contributed by atoms with Gasteiger partial charge in [0.05, 0.1) is 32.5 Å². The van der Waals surface area contributed by atoms with Crippen LogP contribution in [-0.2, 0) is 11.3 Å². The van der Waals surface area contributed by atoms with Crippen LogP contribution < -0.4 is 14.8 Å². The number of fused-ring (bicyclic) bond motifs is 3. The van der Waals surface area contributed by atoms with Gasteiger partial charge in [-0.3, -0.25) is 9.30 Å². The second kappa shape index (κ2) is 10.4. The number of aromatic nitrogens is 5. The van der Waals surface area contributed by atoms with E-state index in [1.54, 1.807) is 32.8 Å². The standard InChI is InChI=1S/C27H26ClN7O3/c1-36-20-12-21(24(28)23(13-20)37-2)22-11-18-14-29-27(32-25(18)35-16-30-33-26(22)35)31-19-5-3-17(4-6-19)15-34-7-9-38-10-8-34/h3-6,11-14,16H,7-10,15H2,1-2H3,(H,29,31,32). The third kappa shape index (κ3) is 4.69. The first-order chi connectivity index (χ1) is 18.6. The topological polar surface area (TPSA) is 98.9 Å². The monoisotopic (exact) mass is 531 g/mol. The zero-order valence-electron chi connectivity index (χ0n) is 21.0. The Hall–Kier alpha value is -3.99. The highest BCUT2D eigenvalue weighted by molar-refractivity contribution is 6.35. The second-order valence-corrected chi connectivity index (χ2v) is 9.33. The number of morpholine rings is 1. The van der Waals surface area contributed by atoms with E-state index in [1.807, 2.05) is 28.7 Å². The molecular formula is C27H26ClN7O3. The fourth-order valence-corrected chi connectivity index (χ4v) is 4.89. The highest BCUT2D eigenvalue weighted by Gasteiger charge is 2.19. The first-order valence-corrected chi connectivity index (χ1v) is 12.6. The minimum absolute atomic E-state index is 0.453. The molecule has 11 heteroatoms. The van der Waals surface area contributed by atoms with E-state index in [9.17, 15) is 0 Å². The van der Waals surface area contributed by atoms with Crippen LogP contribution in [0.15, 0.2) is 55.0 Å². The average Bonchev–Trinajstić information content (AvgIpc) is 3.45. The number of anilines is 2. The van der Waals surface area contributed by atoms with Gasteiger partial charge >= 0.3 is 0 Å². The van der Waals surface area contributed by atoms with Crippen LogP contribution in [0.5, 0.6) is 11.5 Å². The van der Waals surface area contributed by atoms with Gasteiger partial charge in [-0.25, -0.2) is 4.98 Å². The van der Waals surface area contributed by atoms with Gasteiger partial charge in [0, 0.05) is 54.1 Å². The molecule has 0 atom stereocenters. The lowest BCUT2D eigenvalue weighted by Gasteiger charge is -2.26. The Morgan fingerprint density at radius 2 is 1.82 bits per heavy atom. The van der Waals surface area contributed by atoms with Crippen molar-refractivity contribution in [1.82, 2.24) is 29.5 Å². The summed E-state index contributed by atoms with van der Waals surface area (Å²) in [6.07, 6.45) is 3.40. The van der Waals surface area contributed by atoms with E-state index in [4.69, 9.17) is 30.8 Å². The number of halogens is 1. The largest absolute Gasteiger partial charge is 0.497 e. The quantitative estimate of drug-likeness (QED) is 0.323. The van der Waals surface area contributed by atoms with Gasteiger partial charge in [-0.05, 0) is 29.8 Å². The van der Waals surface area contributed by atoms with Gasteiger partial charge < -0.3 is 19.5 Å². The smallest absolute Gasteiger partial charge is 0.229 e. The molecule has 4 heterocycles. The predicted molar refractivity (Wildman–Crippen MR) is 145 cm³/mol. The van der Waals surface area contributed by atoms with Crippen LogP contribution in [0.4, 0.5) is 11.6 Å². The van der Waals surface area contributed by atoms with E-state index in [1.165, 1.54) is 5.56 Å². The van der Waals surface area contributed by atoms with Crippen molar-refractivity contribution in [3.8, 4) is 22.6 Å². The summed E-state index contributed by atoms with van der Waals surface area (Å²) < 4.78 is 18.2. The predicted octanol–water partition coefficient (Wildman–Crippen LogP) is 4.59. The maximum Gasteiger partial charge on any atom is 0.229 e. The molecule has 0 spiro atoms. The molecular weight excluding hydrogens is 506 g/mol. The summed E-state index contributed by atoms with van der Waals surface area (Å²) >= 11 is 6.68. The van der Waals surface area contributed by atoms with Crippen LogP contribution in [0.3, 0.4) is 0 Å². The zero-order valence-corrected chi connectivity index (χ0v) is 21.8. The van der Waals surface area contributed by atoms with E-state index in [0.29, 0.717) is 39.3 Å². The molecule has 1 N–H and O–H groups in total. The van der Waals surface area contributed by atoms with Crippen molar-refractivity contribution in [2.75, 3.05) is 45.8 Å². The average molecular weight is 532 g/mol. The third-order valence-corrected chi connectivity index (χ3v) is 6.98. The molecule has 0 unspecified atom stereocenters. The number of pyridine rings is 1. The maximum atomic E-state index is 6.68. The van der Waals surface area contributed by atoms with Gasteiger partial charge in [-0.15, -0.1) is 10.2 Å². The van der Waals surface area contributed by atoms with Crippen LogP contribution in [0.25, 0.3) is 27.8 Å². The number of ether oxygens (including phenoxy) is 3. The zero-order chi connectivity index (χ0) is 26.1. The number of nitrogens with zero attached hydrogens (tertiary/aromatic N) is 6. The molecule has 38 heavy (non-hydrogen) atoms. The van der Waals surface area contributed by atoms with E-state index in [2.05, 4.69) is 37.5 Å². The van der Waals surface area contributed by atoms with E-state index in [-0.39, 0.29) is 0 Å². The summed E-state index contributed by atoms with van der Waals surface area (Å²) in [5, 5.41) is 13.0. The van der Waals surface area contributed by atoms with Crippen molar-refractivity contribution in [2.45, 2.75) is 6.54 Å². The fourth-order valence-electron chi connectivity index (χ4n) is 4.60. The van der Waals surface area contributed by atoms with E-state index in [0.717, 1.165) is 49.5 Å². The second-order valence-electron chi connectivity index (χ2n) is 8.96. The van der Waals surface area contributed by atoms with Gasteiger partial charge in [-0.2, -0.15) is 4.98 Å². The normalized spacial score (nSPS) is 14.2. The summed E-state index contributed by atoms with van der Waals surface area (Å²) in [5.41, 5.74) is 4.90. The Balaban J connectivity index is 1.31. The number of benzene rings is 2. The SMILES string of the molecule is COc1cc(OC)c(Cl)c(-c2cc3cnc(Nc4ccc(CN5CCOCC5)cc4)nc3n3cnnc23)c1.